The number of likely N-dealkylation sites (tertiary alicyclic amines) is 1. The lowest BCUT2D eigenvalue weighted by atomic mass is 9.81. The first kappa shape index (κ1) is 11.9. The molecule has 3 nitrogen and oxygen atoms in total. The molecule has 1 amide bonds. The average molecular weight is 224 g/mol. The second-order valence-electron chi connectivity index (χ2n) is 5.54. The first-order chi connectivity index (χ1) is 7.67. The maximum atomic E-state index is 12.6. The second-order valence-corrected chi connectivity index (χ2v) is 5.54. The lowest BCUT2D eigenvalue weighted by Gasteiger charge is -2.38. The Morgan fingerprint density at radius 2 is 2.31 bits per heavy atom. The van der Waals surface area contributed by atoms with Crippen LogP contribution in [-0.2, 0) is 4.79 Å². The van der Waals surface area contributed by atoms with E-state index in [2.05, 4.69) is 24.1 Å². The van der Waals surface area contributed by atoms with E-state index in [1.807, 2.05) is 0 Å². The molecule has 2 aliphatic heterocycles. The minimum atomic E-state index is -0.143. The van der Waals surface area contributed by atoms with Crippen LogP contribution in [0.3, 0.4) is 0 Å². The van der Waals surface area contributed by atoms with Gasteiger partial charge in [-0.1, -0.05) is 6.92 Å². The monoisotopic (exact) mass is 224 g/mol. The first-order valence-electron chi connectivity index (χ1n) is 6.69. The Bertz CT molecular complexity index is 259. The van der Waals surface area contributed by atoms with Crippen LogP contribution in [0.15, 0.2) is 0 Å². The topological polar surface area (TPSA) is 32.3 Å². The molecule has 16 heavy (non-hydrogen) atoms. The summed E-state index contributed by atoms with van der Waals surface area (Å²) in [4.78, 5) is 14.7. The molecule has 0 aromatic rings. The van der Waals surface area contributed by atoms with Crippen LogP contribution in [0.25, 0.3) is 0 Å². The number of piperidine rings is 1. The molecule has 2 rings (SSSR count). The second kappa shape index (κ2) is 4.74. The van der Waals surface area contributed by atoms with E-state index in [1.165, 1.54) is 12.8 Å². The summed E-state index contributed by atoms with van der Waals surface area (Å²) in [5.41, 5.74) is -0.143. The van der Waals surface area contributed by atoms with Crippen molar-refractivity contribution < 1.29 is 4.79 Å². The van der Waals surface area contributed by atoms with Crippen molar-refractivity contribution in [2.75, 3.05) is 19.6 Å². The molecule has 2 fully saturated rings. The fraction of sp³-hybridized carbons (Fsp3) is 0.923. The van der Waals surface area contributed by atoms with Crippen molar-refractivity contribution in [2.45, 2.75) is 52.0 Å². The third-order valence-corrected chi connectivity index (χ3v) is 4.22. The molecular weight excluding hydrogens is 200 g/mol. The molecule has 0 bridgehead atoms. The van der Waals surface area contributed by atoms with Gasteiger partial charge >= 0.3 is 0 Å². The van der Waals surface area contributed by atoms with Crippen molar-refractivity contribution >= 4 is 5.91 Å². The average Bonchev–Trinajstić information content (AvgIpc) is 2.77. The van der Waals surface area contributed by atoms with Gasteiger partial charge in [-0.25, -0.2) is 0 Å². The standard InChI is InChI=1S/C13H24N2O/c1-3-11-6-4-9-15(11)12(16)13(2)7-5-8-14-10-13/h11,14H,3-10H2,1-2H3. The molecule has 0 aliphatic carbocycles. The highest BCUT2D eigenvalue weighted by atomic mass is 16.2. The first-order valence-corrected chi connectivity index (χ1v) is 6.69. The van der Waals surface area contributed by atoms with Crippen LogP contribution in [-0.4, -0.2) is 36.5 Å². The summed E-state index contributed by atoms with van der Waals surface area (Å²) < 4.78 is 0. The Labute approximate surface area is 98.6 Å². The number of carbonyl (C=O) groups is 1. The fourth-order valence-corrected chi connectivity index (χ4v) is 3.11. The molecule has 0 spiro atoms. The predicted octanol–water partition coefficient (Wildman–Crippen LogP) is 1.78. The molecule has 2 aliphatic rings. The molecular formula is C13H24N2O. The van der Waals surface area contributed by atoms with E-state index in [9.17, 15) is 4.79 Å². The van der Waals surface area contributed by atoms with Gasteiger partial charge in [0.1, 0.15) is 0 Å². The van der Waals surface area contributed by atoms with Gasteiger partial charge in [0, 0.05) is 19.1 Å². The van der Waals surface area contributed by atoms with Crippen LogP contribution in [0, 0.1) is 5.41 Å². The quantitative estimate of drug-likeness (QED) is 0.775. The Morgan fingerprint density at radius 3 is 2.94 bits per heavy atom. The molecule has 92 valence electrons. The Morgan fingerprint density at radius 1 is 1.50 bits per heavy atom. The van der Waals surface area contributed by atoms with E-state index < -0.39 is 0 Å². The van der Waals surface area contributed by atoms with Gasteiger partial charge in [0.2, 0.25) is 5.91 Å². The third kappa shape index (κ3) is 2.10. The SMILES string of the molecule is CCC1CCCN1C(=O)C1(C)CCCNC1. The Hall–Kier alpha value is -0.570. The molecule has 0 aromatic heterocycles. The molecule has 2 saturated heterocycles. The summed E-state index contributed by atoms with van der Waals surface area (Å²) in [6.45, 7) is 7.23. The van der Waals surface area contributed by atoms with Gasteiger partial charge in [0.25, 0.3) is 0 Å². The van der Waals surface area contributed by atoms with Gasteiger partial charge in [-0.15, -0.1) is 0 Å². The van der Waals surface area contributed by atoms with Crippen LogP contribution in [0.2, 0.25) is 0 Å². The molecule has 2 unspecified atom stereocenters. The van der Waals surface area contributed by atoms with Crippen molar-refractivity contribution in [3.8, 4) is 0 Å². The van der Waals surface area contributed by atoms with Crippen molar-refractivity contribution in [1.29, 1.82) is 0 Å². The maximum absolute atomic E-state index is 12.6. The smallest absolute Gasteiger partial charge is 0.230 e. The van der Waals surface area contributed by atoms with Crippen molar-refractivity contribution in [3.63, 3.8) is 0 Å². The van der Waals surface area contributed by atoms with Gasteiger partial charge in [-0.3, -0.25) is 4.79 Å². The van der Waals surface area contributed by atoms with Crippen molar-refractivity contribution in [3.05, 3.63) is 0 Å². The van der Waals surface area contributed by atoms with E-state index in [0.717, 1.165) is 38.9 Å². The molecule has 1 N–H and O–H groups in total. The lowest BCUT2D eigenvalue weighted by molar-refractivity contribution is -0.143. The molecule has 0 saturated carbocycles. The van der Waals surface area contributed by atoms with Crippen LogP contribution in [0.4, 0.5) is 0 Å². The number of carbonyl (C=O) groups excluding carboxylic acids is 1. The van der Waals surface area contributed by atoms with Gasteiger partial charge in [0.05, 0.1) is 5.41 Å². The zero-order chi connectivity index (χ0) is 11.6. The highest BCUT2D eigenvalue weighted by Gasteiger charge is 2.40. The summed E-state index contributed by atoms with van der Waals surface area (Å²) in [6.07, 6.45) is 5.67. The highest BCUT2D eigenvalue weighted by molar-refractivity contribution is 5.83. The minimum absolute atomic E-state index is 0.143. The normalized spacial score (nSPS) is 35.4. The predicted molar refractivity (Wildman–Crippen MR) is 65.2 cm³/mol. The number of hydrogen-bond donors (Lipinski definition) is 1. The zero-order valence-electron chi connectivity index (χ0n) is 10.6. The number of hydrogen-bond acceptors (Lipinski definition) is 2. The van der Waals surface area contributed by atoms with E-state index in [-0.39, 0.29) is 5.41 Å². The maximum Gasteiger partial charge on any atom is 0.230 e. The van der Waals surface area contributed by atoms with Crippen molar-refractivity contribution in [1.82, 2.24) is 10.2 Å². The Balaban J connectivity index is 2.05. The van der Waals surface area contributed by atoms with Gasteiger partial charge in [0.15, 0.2) is 0 Å². The van der Waals surface area contributed by atoms with E-state index in [1.54, 1.807) is 0 Å². The largest absolute Gasteiger partial charge is 0.339 e. The molecule has 2 atom stereocenters. The number of amides is 1. The summed E-state index contributed by atoms with van der Waals surface area (Å²) in [7, 11) is 0. The molecule has 0 aromatic carbocycles. The van der Waals surface area contributed by atoms with E-state index in [4.69, 9.17) is 0 Å². The lowest BCUT2D eigenvalue weighted by Crippen LogP contribution is -2.51. The van der Waals surface area contributed by atoms with Crippen LogP contribution < -0.4 is 5.32 Å². The number of nitrogens with zero attached hydrogens (tertiary/aromatic N) is 1. The van der Waals surface area contributed by atoms with Crippen molar-refractivity contribution in [2.24, 2.45) is 5.41 Å². The van der Waals surface area contributed by atoms with Gasteiger partial charge in [-0.2, -0.15) is 0 Å². The molecule has 2 heterocycles. The van der Waals surface area contributed by atoms with Gasteiger partial charge < -0.3 is 10.2 Å². The summed E-state index contributed by atoms with van der Waals surface area (Å²) >= 11 is 0. The Kier molecular flexibility index (Phi) is 3.53. The minimum Gasteiger partial charge on any atom is -0.339 e. The van der Waals surface area contributed by atoms with E-state index >= 15 is 0 Å². The molecule has 3 heteroatoms. The summed E-state index contributed by atoms with van der Waals surface area (Å²) in [5, 5.41) is 3.37. The number of nitrogens with one attached hydrogen (secondary N) is 1. The van der Waals surface area contributed by atoms with Crippen LogP contribution in [0.5, 0.6) is 0 Å². The van der Waals surface area contributed by atoms with Crippen LogP contribution in [0.1, 0.15) is 46.0 Å². The summed E-state index contributed by atoms with van der Waals surface area (Å²) in [6, 6.07) is 0.506. The molecule has 0 radical (unpaired) electrons. The zero-order valence-corrected chi connectivity index (χ0v) is 10.6. The highest BCUT2D eigenvalue weighted by Crippen LogP contribution is 2.32. The van der Waals surface area contributed by atoms with Gasteiger partial charge in [-0.05, 0) is 45.6 Å². The third-order valence-electron chi connectivity index (χ3n) is 4.22. The fourth-order valence-electron chi connectivity index (χ4n) is 3.11. The van der Waals surface area contributed by atoms with E-state index in [0.29, 0.717) is 11.9 Å². The van der Waals surface area contributed by atoms with Crippen LogP contribution >= 0.6 is 0 Å². The summed E-state index contributed by atoms with van der Waals surface area (Å²) in [5.74, 6) is 0.393. The number of rotatable bonds is 2.